The van der Waals surface area contributed by atoms with Gasteiger partial charge < -0.3 is 15.1 Å². The number of piperazine rings is 1. The largest absolute Gasteiger partial charge is 0.416 e. The molecule has 0 aliphatic carbocycles. The van der Waals surface area contributed by atoms with Crippen molar-refractivity contribution >= 4 is 17.5 Å². The topological polar surface area (TPSA) is 55.9 Å². The van der Waals surface area contributed by atoms with Crippen LogP contribution in [0, 0.1) is 0 Å². The van der Waals surface area contributed by atoms with Crippen LogP contribution in [0.4, 0.5) is 18.9 Å². The van der Waals surface area contributed by atoms with Crippen LogP contribution in [0.3, 0.4) is 0 Å². The lowest BCUT2D eigenvalue weighted by molar-refractivity contribution is -0.137. The Hall–Kier alpha value is -2.29. The molecule has 1 atom stereocenters. The predicted octanol–water partition coefficient (Wildman–Crippen LogP) is 1.95. The summed E-state index contributed by atoms with van der Waals surface area (Å²) in [5.41, 5.74) is -0.0340. The average molecular weight is 412 g/mol. The molecule has 2 aliphatic rings. The number of anilines is 1. The summed E-state index contributed by atoms with van der Waals surface area (Å²) >= 11 is 0. The highest BCUT2D eigenvalue weighted by Crippen LogP contribution is 2.32. The maximum absolute atomic E-state index is 13.0. The second-order valence-corrected chi connectivity index (χ2v) is 7.62. The van der Waals surface area contributed by atoms with Crippen LogP contribution >= 0.6 is 0 Å². The van der Waals surface area contributed by atoms with Crippen LogP contribution in [0.15, 0.2) is 24.3 Å². The van der Waals surface area contributed by atoms with E-state index in [2.05, 4.69) is 10.2 Å². The molecule has 2 heterocycles. The van der Waals surface area contributed by atoms with Gasteiger partial charge in [0.05, 0.1) is 12.1 Å². The van der Waals surface area contributed by atoms with Crippen molar-refractivity contribution in [2.45, 2.75) is 32.0 Å². The van der Waals surface area contributed by atoms with Crippen LogP contribution in [-0.4, -0.2) is 73.5 Å². The van der Waals surface area contributed by atoms with Crippen molar-refractivity contribution in [3.8, 4) is 0 Å². The number of rotatable bonds is 4. The Morgan fingerprint density at radius 2 is 1.86 bits per heavy atom. The maximum Gasteiger partial charge on any atom is 0.416 e. The second-order valence-electron chi connectivity index (χ2n) is 7.62. The van der Waals surface area contributed by atoms with Gasteiger partial charge in [0.25, 0.3) is 0 Å². The third-order valence-corrected chi connectivity index (χ3v) is 5.61. The Kier molecular flexibility index (Phi) is 6.66. The molecule has 0 unspecified atom stereocenters. The number of likely N-dealkylation sites (tertiary alicyclic amines) is 1. The van der Waals surface area contributed by atoms with Gasteiger partial charge in [-0.15, -0.1) is 0 Å². The van der Waals surface area contributed by atoms with E-state index in [1.54, 1.807) is 11.0 Å². The molecule has 6 nitrogen and oxygen atoms in total. The molecule has 0 saturated carbocycles. The number of amides is 2. The highest BCUT2D eigenvalue weighted by atomic mass is 19.4. The van der Waals surface area contributed by atoms with Gasteiger partial charge in [-0.3, -0.25) is 14.5 Å². The summed E-state index contributed by atoms with van der Waals surface area (Å²) in [6.45, 7) is 5.52. The number of alkyl halides is 3. The Morgan fingerprint density at radius 3 is 2.52 bits per heavy atom. The summed E-state index contributed by atoms with van der Waals surface area (Å²) < 4.78 is 38.9. The highest BCUT2D eigenvalue weighted by Gasteiger charge is 2.32. The standard InChI is InChI=1S/C20H27F3N4O2/c1-15(28)24-13-19(29)27-7-3-6-18(14-27)26-10-8-25(9-11-26)17-5-2-4-16(12-17)20(21,22)23/h2,4-5,12,18H,3,6-11,13-14H2,1H3,(H,24,28)/t18-/m0/s1. The van der Waals surface area contributed by atoms with Crippen molar-refractivity contribution in [1.82, 2.24) is 15.1 Å². The number of hydrogen-bond donors (Lipinski definition) is 1. The normalized spacial score (nSPS) is 21.2. The summed E-state index contributed by atoms with van der Waals surface area (Å²) in [6, 6.07) is 5.71. The smallest absolute Gasteiger partial charge is 0.369 e. The summed E-state index contributed by atoms with van der Waals surface area (Å²) in [4.78, 5) is 29.4. The van der Waals surface area contributed by atoms with Crippen LogP contribution < -0.4 is 10.2 Å². The van der Waals surface area contributed by atoms with Crippen LogP contribution in [-0.2, 0) is 15.8 Å². The van der Waals surface area contributed by atoms with E-state index >= 15 is 0 Å². The van der Waals surface area contributed by atoms with E-state index < -0.39 is 11.7 Å². The van der Waals surface area contributed by atoms with Crippen molar-refractivity contribution in [3.63, 3.8) is 0 Å². The van der Waals surface area contributed by atoms with Crippen molar-refractivity contribution in [1.29, 1.82) is 0 Å². The monoisotopic (exact) mass is 412 g/mol. The SMILES string of the molecule is CC(=O)NCC(=O)N1CCC[C@H](N2CCN(c3cccc(C(F)(F)F)c3)CC2)C1. The molecule has 160 valence electrons. The van der Waals surface area contributed by atoms with Gasteiger partial charge in [-0.1, -0.05) is 6.07 Å². The molecule has 1 aromatic carbocycles. The quantitative estimate of drug-likeness (QED) is 0.822. The molecule has 29 heavy (non-hydrogen) atoms. The van der Waals surface area contributed by atoms with Gasteiger partial charge in [-0.05, 0) is 31.0 Å². The Morgan fingerprint density at radius 1 is 1.14 bits per heavy atom. The molecule has 1 aromatic rings. The van der Waals surface area contributed by atoms with Crippen LogP contribution in [0.25, 0.3) is 0 Å². The van der Waals surface area contributed by atoms with Gasteiger partial charge in [0, 0.05) is 57.9 Å². The predicted molar refractivity (Wildman–Crippen MR) is 104 cm³/mol. The minimum absolute atomic E-state index is 0.0192. The number of benzene rings is 1. The van der Waals surface area contributed by atoms with Crippen LogP contribution in [0.1, 0.15) is 25.3 Å². The third-order valence-electron chi connectivity index (χ3n) is 5.61. The molecule has 2 saturated heterocycles. The molecule has 0 radical (unpaired) electrons. The van der Waals surface area contributed by atoms with Gasteiger partial charge in [-0.2, -0.15) is 13.2 Å². The van der Waals surface area contributed by atoms with Gasteiger partial charge in [0.1, 0.15) is 0 Å². The maximum atomic E-state index is 13.0. The number of carbonyl (C=O) groups is 2. The minimum Gasteiger partial charge on any atom is -0.369 e. The first-order chi connectivity index (χ1) is 13.7. The van der Waals surface area contributed by atoms with Crippen molar-refractivity contribution in [3.05, 3.63) is 29.8 Å². The Labute approximate surface area is 168 Å². The lowest BCUT2D eigenvalue weighted by Gasteiger charge is -2.44. The number of halogens is 3. The summed E-state index contributed by atoms with van der Waals surface area (Å²) in [7, 11) is 0. The Bertz CT molecular complexity index is 733. The fourth-order valence-corrected chi connectivity index (χ4v) is 4.02. The number of hydrogen-bond acceptors (Lipinski definition) is 4. The lowest BCUT2D eigenvalue weighted by atomic mass is 10.0. The van der Waals surface area contributed by atoms with Crippen LogP contribution in [0.5, 0.6) is 0 Å². The zero-order valence-electron chi connectivity index (χ0n) is 16.5. The molecular weight excluding hydrogens is 385 g/mol. The first-order valence-electron chi connectivity index (χ1n) is 9.92. The van der Waals surface area contributed by atoms with E-state index in [0.717, 1.165) is 32.0 Å². The molecule has 0 spiro atoms. The molecule has 0 aromatic heterocycles. The summed E-state index contributed by atoms with van der Waals surface area (Å²) in [6.07, 6.45) is -2.44. The lowest BCUT2D eigenvalue weighted by Crippen LogP contribution is -2.56. The second kappa shape index (κ2) is 9.02. The minimum atomic E-state index is -4.34. The third kappa shape index (κ3) is 5.62. The molecule has 2 aliphatic heterocycles. The molecular formula is C20H27F3N4O2. The molecule has 3 rings (SSSR count). The highest BCUT2D eigenvalue weighted by molar-refractivity contribution is 5.83. The van der Waals surface area contributed by atoms with Gasteiger partial charge in [-0.25, -0.2) is 0 Å². The fraction of sp³-hybridized carbons (Fsp3) is 0.600. The fourth-order valence-electron chi connectivity index (χ4n) is 4.02. The van der Waals surface area contributed by atoms with E-state index in [4.69, 9.17) is 0 Å². The molecule has 2 fully saturated rings. The molecule has 9 heteroatoms. The van der Waals surface area contributed by atoms with Gasteiger partial charge in [0.15, 0.2) is 0 Å². The Balaban J connectivity index is 1.54. The van der Waals surface area contributed by atoms with Crippen LogP contribution in [0.2, 0.25) is 0 Å². The number of nitrogens with one attached hydrogen (secondary N) is 1. The van der Waals surface area contributed by atoms with Crippen molar-refractivity contribution < 1.29 is 22.8 Å². The van der Waals surface area contributed by atoms with E-state index in [-0.39, 0.29) is 24.4 Å². The average Bonchev–Trinajstić information content (AvgIpc) is 2.71. The van der Waals surface area contributed by atoms with Crippen molar-refractivity contribution in [2.75, 3.05) is 50.7 Å². The number of piperidine rings is 1. The van der Waals surface area contributed by atoms with E-state index in [9.17, 15) is 22.8 Å². The van der Waals surface area contributed by atoms with E-state index in [0.29, 0.717) is 31.9 Å². The molecule has 1 N–H and O–H groups in total. The number of carbonyl (C=O) groups excluding carboxylic acids is 2. The van der Waals surface area contributed by atoms with Gasteiger partial charge in [0.2, 0.25) is 11.8 Å². The van der Waals surface area contributed by atoms with Crippen molar-refractivity contribution in [2.24, 2.45) is 0 Å². The van der Waals surface area contributed by atoms with Gasteiger partial charge >= 0.3 is 6.18 Å². The van der Waals surface area contributed by atoms with E-state index in [1.165, 1.54) is 19.1 Å². The first-order valence-corrected chi connectivity index (χ1v) is 9.92. The van der Waals surface area contributed by atoms with E-state index in [1.807, 2.05) is 4.90 Å². The molecule has 0 bridgehead atoms. The molecule has 2 amide bonds. The first kappa shape index (κ1) is 21.4. The summed E-state index contributed by atoms with van der Waals surface area (Å²) in [5.74, 6) is -0.301. The summed E-state index contributed by atoms with van der Waals surface area (Å²) in [5, 5.41) is 2.55. The zero-order valence-corrected chi connectivity index (χ0v) is 16.5. The number of nitrogens with zero attached hydrogens (tertiary/aromatic N) is 3. The zero-order chi connectivity index (χ0) is 21.0.